The number of allylic oxidation sites excluding steroid dienone is 7. The van der Waals surface area contributed by atoms with Gasteiger partial charge in [-0.25, -0.2) is 4.99 Å². The average molecular weight is 418 g/mol. The van der Waals surface area contributed by atoms with Crippen molar-refractivity contribution in [2.75, 3.05) is 7.05 Å². The summed E-state index contributed by atoms with van der Waals surface area (Å²) in [6.45, 7) is 3.81. The highest BCUT2D eigenvalue weighted by atomic mass is 14.8. The van der Waals surface area contributed by atoms with E-state index in [1.165, 1.54) is 11.1 Å². The van der Waals surface area contributed by atoms with Crippen molar-refractivity contribution in [3.05, 3.63) is 133 Å². The summed E-state index contributed by atoms with van der Waals surface area (Å²) < 4.78 is 0. The van der Waals surface area contributed by atoms with E-state index in [0.717, 1.165) is 28.8 Å². The first-order chi connectivity index (χ1) is 15.8. The molecule has 0 aliphatic carbocycles. The predicted octanol–water partition coefficient (Wildman–Crippen LogP) is 6.97. The van der Waals surface area contributed by atoms with Gasteiger partial charge in [-0.2, -0.15) is 0 Å². The molecular formula is C29H27N3. The van der Waals surface area contributed by atoms with E-state index in [9.17, 15) is 0 Å². The van der Waals surface area contributed by atoms with Gasteiger partial charge in [0.25, 0.3) is 0 Å². The Bertz CT molecular complexity index is 1130. The Morgan fingerprint density at radius 2 is 1.62 bits per heavy atom. The third-order valence-corrected chi connectivity index (χ3v) is 4.74. The molecule has 0 saturated heterocycles. The molecular weight excluding hydrogens is 390 g/mol. The molecule has 3 rings (SSSR count). The van der Waals surface area contributed by atoms with E-state index in [1.54, 1.807) is 25.7 Å². The SMILES string of the molecule is C=C/C=C(\C=C/C/C=C/C(=NC=NC)c1ccc(-c2ccccc2)cc1)c1cccnc1. The lowest BCUT2D eigenvalue weighted by molar-refractivity contribution is 1.31. The third kappa shape index (κ3) is 6.71. The van der Waals surface area contributed by atoms with Gasteiger partial charge in [-0.05, 0) is 40.8 Å². The number of aromatic nitrogens is 1. The van der Waals surface area contributed by atoms with Crippen LogP contribution in [0.1, 0.15) is 17.5 Å². The van der Waals surface area contributed by atoms with Crippen molar-refractivity contribution in [1.82, 2.24) is 4.98 Å². The minimum absolute atomic E-state index is 0.777. The van der Waals surface area contributed by atoms with Crippen molar-refractivity contribution in [3.8, 4) is 11.1 Å². The molecule has 3 aromatic rings. The van der Waals surface area contributed by atoms with Gasteiger partial charge in [0, 0.05) is 25.0 Å². The minimum atomic E-state index is 0.777. The smallest absolute Gasteiger partial charge is 0.110 e. The zero-order valence-corrected chi connectivity index (χ0v) is 18.3. The molecule has 0 amide bonds. The van der Waals surface area contributed by atoms with Crippen LogP contribution in [-0.4, -0.2) is 24.1 Å². The number of pyridine rings is 1. The Kier molecular flexibility index (Phi) is 8.86. The second-order valence-corrected chi connectivity index (χ2v) is 6.97. The van der Waals surface area contributed by atoms with Crippen molar-refractivity contribution in [3.63, 3.8) is 0 Å². The summed E-state index contributed by atoms with van der Waals surface area (Å²) in [6.07, 6.45) is 18.1. The molecule has 0 atom stereocenters. The predicted molar refractivity (Wildman–Crippen MR) is 138 cm³/mol. The second kappa shape index (κ2) is 12.6. The normalized spacial score (nSPS) is 12.8. The number of nitrogens with zero attached hydrogens (tertiary/aromatic N) is 3. The topological polar surface area (TPSA) is 37.6 Å². The Balaban J connectivity index is 1.71. The van der Waals surface area contributed by atoms with Gasteiger partial charge in [0.1, 0.15) is 6.34 Å². The highest BCUT2D eigenvalue weighted by molar-refractivity contribution is 6.11. The van der Waals surface area contributed by atoms with Gasteiger partial charge in [0.15, 0.2) is 0 Å². The molecule has 0 unspecified atom stereocenters. The quantitative estimate of drug-likeness (QED) is 0.210. The first-order valence-corrected chi connectivity index (χ1v) is 10.5. The van der Waals surface area contributed by atoms with Crippen molar-refractivity contribution in [2.45, 2.75) is 6.42 Å². The van der Waals surface area contributed by atoms with Crippen LogP contribution in [0.25, 0.3) is 16.7 Å². The Morgan fingerprint density at radius 1 is 0.875 bits per heavy atom. The van der Waals surface area contributed by atoms with E-state index in [-0.39, 0.29) is 0 Å². The van der Waals surface area contributed by atoms with Crippen LogP contribution in [0, 0.1) is 0 Å². The average Bonchev–Trinajstić information content (AvgIpc) is 2.86. The molecule has 0 bridgehead atoms. The maximum atomic E-state index is 4.51. The number of hydrogen-bond acceptors (Lipinski definition) is 2. The first-order valence-electron chi connectivity index (χ1n) is 10.5. The summed E-state index contributed by atoms with van der Waals surface area (Å²) in [4.78, 5) is 12.7. The highest BCUT2D eigenvalue weighted by Crippen LogP contribution is 2.20. The maximum Gasteiger partial charge on any atom is 0.110 e. The Morgan fingerprint density at radius 3 is 2.31 bits per heavy atom. The largest absolute Gasteiger partial charge is 0.277 e. The molecule has 0 saturated carbocycles. The van der Waals surface area contributed by atoms with Crippen LogP contribution in [0.2, 0.25) is 0 Å². The lowest BCUT2D eigenvalue weighted by atomic mass is 10.0. The molecule has 1 aromatic heterocycles. The summed E-state index contributed by atoms with van der Waals surface area (Å²) in [7, 11) is 1.72. The van der Waals surface area contributed by atoms with Crippen LogP contribution in [0.15, 0.2) is 132 Å². The molecule has 0 aliphatic rings. The van der Waals surface area contributed by atoms with Crippen LogP contribution in [-0.2, 0) is 0 Å². The van der Waals surface area contributed by atoms with E-state index in [4.69, 9.17) is 0 Å². The van der Waals surface area contributed by atoms with E-state index in [0.29, 0.717) is 0 Å². The maximum absolute atomic E-state index is 4.51. The molecule has 0 N–H and O–H groups in total. The van der Waals surface area contributed by atoms with Gasteiger partial charge in [-0.1, -0.05) is 97.6 Å². The zero-order chi connectivity index (χ0) is 22.4. The monoisotopic (exact) mass is 417 g/mol. The van der Waals surface area contributed by atoms with Crippen LogP contribution in [0.3, 0.4) is 0 Å². The summed E-state index contributed by atoms with van der Waals surface area (Å²) in [6, 6.07) is 22.8. The molecule has 0 spiro atoms. The van der Waals surface area contributed by atoms with E-state index < -0.39 is 0 Å². The molecule has 0 radical (unpaired) electrons. The number of benzene rings is 2. The summed E-state index contributed by atoms with van der Waals surface area (Å²) >= 11 is 0. The molecule has 2 aromatic carbocycles. The second-order valence-electron chi connectivity index (χ2n) is 6.97. The standard InChI is InChI=1S/C29H27N3/c1-3-11-24(28-15-10-21-31-22-28)12-8-5-9-16-29(32-23-30-2)27-19-17-26(18-20-27)25-13-6-4-7-14-25/h3-4,6-23H,1,5H2,2H3/b12-8-,16-9+,24-11+,30-23?,32-29?. The summed E-state index contributed by atoms with van der Waals surface area (Å²) in [5.74, 6) is 0. The molecule has 0 fully saturated rings. The fourth-order valence-corrected chi connectivity index (χ4v) is 3.16. The molecule has 32 heavy (non-hydrogen) atoms. The minimum Gasteiger partial charge on any atom is -0.277 e. The van der Waals surface area contributed by atoms with Crippen LogP contribution in [0.4, 0.5) is 0 Å². The van der Waals surface area contributed by atoms with Crippen molar-refractivity contribution < 1.29 is 0 Å². The lowest BCUT2D eigenvalue weighted by Crippen LogP contribution is -1.97. The third-order valence-electron chi connectivity index (χ3n) is 4.74. The van der Waals surface area contributed by atoms with Gasteiger partial charge in [0.2, 0.25) is 0 Å². The number of aliphatic imine (C=N–C) groups is 2. The first kappa shape index (κ1) is 22.6. The van der Waals surface area contributed by atoms with Crippen LogP contribution in [0.5, 0.6) is 0 Å². The van der Waals surface area contributed by atoms with Gasteiger partial charge >= 0.3 is 0 Å². The van der Waals surface area contributed by atoms with Gasteiger partial charge in [-0.3, -0.25) is 9.98 Å². The van der Waals surface area contributed by atoms with Crippen molar-refractivity contribution in [2.24, 2.45) is 9.98 Å². The van der Waals surface area contributed by atoms with Crippen LogP contribution >= 0.6 is 0 Å². The molecule has 0 aliphatic heterocycles. The van der Waals surface area contributed by atoms with Crippen LogP contribution < -0.4 is 0 Å². The molecule has 3 heteroatoms. The highest BCUT2D eigenvalue weighted by Gasteiger charge is 2.01. The summed E-state index contributed by atoms with van der Waals surface area (Å²) in [5, 5.41) is 0. The fraction of sp³-hybridized carbons (Fsp3) is 0.0690. The molecule has 1 heterocycles. The number of hydrogen-bond donors (Lipinski definition) is 0. The lowest BCUT2D eigenvalue weighted by Gasteiger charge is -2.04. The number of rotatable bonds is 9. The van der Waals surface area contributed by atoms with Gasteiger partial charge in [0.05, 0.1) is 5.71 Å². The van der Waals surface area contributed by atoms with E-state index in [2.05, 4.69) is 76.2 Å². The Labute approximate surface area is 190 Å². The van der Waals surface area contributed by atoms with Gasteiger partial charge < -0.3 is 0 Å². The fourth-order valence-electron chi connectivity index (χ4n) is 3.16. The van der Waals surface area contributed by atoms with E-state index >= 15 is 0 Å². The van der Waals surface area contributed by atoms with E-state index in [1.807, 2.05) is 48.7 Å². The molecule has 3 nitrogen and oxygen atoms in total. The Hall–Kier alpha value is -4.11. The summed E-state index contributed by atoms with van der Waals surface area (Å²) in [5.41, 5.74) is 6.44. The van der Waals surface area contributed by atoms with Crippen molar-refractivity contribution >= 4 is 17.6 Å². The van der Waals surface area contributed by atoms with Crippen molar-refractivity contribution in [1.29, 1.82) is 0 Å². The van der Waals surface area contributed by atoms with Gasteiger partial charge in [-0.15, -0.1) is 0 Å². The zero-order valence-electron chi connectivity index (χ0n) is 18.3. The molecule has 158 valence electrons.